The number of hydrogen-bond donors (Lipinski definition) is 0. The summed E-state index contributed by atoms with van der Waals surface area (Å²) in [6.45, 7) is 1.55. The smallest absolute Gasteiger partial charge is 0.132 e. The van der Waals surface area contributed by atoms with Gasteiger partial charge in [-0.15, -0.1) is 11.8 Å². The molecule has 0 aliphatic carbocycles. The number of benzene rings is 1. The summed E-state index contributed by atoms with van der Waals surface area (Å²) < 4.78 is 17.8. The van der Waals surface area contributed by atoms with Crippen molar-refractivity contribution in [3.05, 3.63) is 30.1 Å². The monoisotopic (exact) mass is 290 g/mol. The van der Waals surface area contributed by atoms with Gasteiger partial charge in [0.15, 0.2) is 0 Å². The molecule has 0 amide bonds. The normalized spacial score (nSPS) is 10.5. The molecule has 0 saturated carbocycles. The van der Waals surface area contributed by atoms with E-state index in [0.29, 0.717) is 12.2 Å². The van der Waals surface area contributed by atoms with Crippen molar-refractivity contribution in [3.8, 4) is 0 Å². The first-order valence-electron chi connectivity index (χ1n) is 5.02. The van der Waals surface area contributed by atoms with Crippen molar-refractivity contribution in [1.82, 2.24) is 0 Å². The van der Waals surface area contributed by atoms with Crippen LogP contribution in [-0.4, -0.2) is 24.7 Å². The second-order valence-corrected chi connectivity index (χ2v) is 4.62. The Morgan fingerprint density at radius 2 is 1.79 bits per heavy atom. The fourth-order valence-electron chi connectivity index (χ4n) is 1.25. The van der Waals surface area contributed by atoms with Crippen LogP contribution in [0.1, 0.15) is 35.6 Å². The maximum Gasteiger partial charge on any atom is 0.132 e. The molecule has 0 saturated heterocycles. The number of halogens is 1. The summed E-state index contributed by atoms with van der Waals surface area (Å²) in [5.74, 6) is 0.574. The molecule has 0 bridgehead atoms. The largest absolute Gasteiger partial charge is 0.380 e. The zero-order valence-corrected chi connectivity index (χ0v) is 10.2. The number of ether oxygens (including phenoxy) is 1. The average molecular weight is 290 g/mol. The summed E-state index contributed by atoms with van der Waals surface area (Å²) in [5, 5.41) is 0. The standard InChI is InChI=1S/C12H15FO2S.3CH4/c1-9(14)7-11(15-2)8-16-12-5-3-10(13)4-6-12;;;/h3-6,11H,7-8H2,1-2H3;3*1H4. The summed E-state index contributed by atoms with van der Waals surface area (Å²) in [6, 6.07) is 6.30. The van der Waals surface area contributed by atoms with Gasteiger partial charge in [-0.2, -0.15) is 0 Å². The van der Waals surface area contributed by atoms with Crippen LogP contribution < -0.4 is 0 Å². The lowest BCUT2D eigenvalue weighted by atomic mass is 10.2. The Kier molecular flexibility index (Phi) is 14.9. The number of thioether (sulfide) groups is 1. The first-order chi connectivity index (χ1) is 7.61. The Balaban J connectivity index is -0.000000853. The fourth-order valence-corrected chi connectivity index (χ4v) is 2.21. The summed E-state index contributed by atoms with van der Waals surface area (Å²) in [4.78, 5) is 11.9. The number of carbonyl (C=O) groups excluding carboxylic acids is 1. The van der Waals surface area contributed by atoms with E-state index in [4.69, 9.17) is 4.74 Å². The minimum Gasteiger partial charge on any atom is -0.380 e. The number of methoxy groups -OCH3 is 1. The Bertz CT molecular complexity index is 339. The van der Waals surface area contributed by atoms with Crippen molar-refractivity contribution in [3.63, 3.8) is 0 Å². The van der Waals surface area contributed by atoms with Gasteiger partial charge in [-0.3, -0.25) is 4.79 Å². The van der Waals surface area contributed by atoms with Gasteiger partial charge in [0.05, 0.1) is 6.10 Å². The van der Waals surface area contributed by atoms with Gasteiger partial charge in [0.25, 0.3) is 0 Å². The summed E-state index contributed by atoms with van der Waals surface area (Å²) >= 11 is 1.56. The first-order valence-corrected chi connectivity index (χ1v) is 6.01. The Morgan fingerprint density at radius 3 is 2.21 bits per heavy atom. The van der Waals surface area contributed by atoms with Crippen molar-refractivity contribution in [2.75, 3.05) is 12.9 Å². The molecule has 4 heteroatoms. The minimum absolute atomic E-state index is 0. The maximum atomic E-state index is 12.6. The zero-order chi connectivity index (χ0) is 12.0. The molecule has 0 N–H and O–H groups in total. The van der Waals surface area contributed by atoms with Crippen molar-refractivity contribution in [1.29, 1.82) is 0 Å². The summed E-state index contributed by atoms with van der Waals surface area (Å²) in [7, 11) is 1.60. The van der Waals surface area contributed by atoms with Crippen LogP contribution in [0, 0.1) is 5.82 Å². The van der Waals surface area contributed by atoms with Gasteiger partial charge in [0.2, 0.25) is 0 Å². The van der Waals surface area contributed by atoms with E-state index in [0.717, 1.165) is 4.90 Å². The lowest BCUT2D eigenvalue weighted by Gasteiger charge is -2.12. The molecule has 0 spiro atoms. The van der Waals surface area contributed by atoms with Gasteiger partial charge in [-0.25, -0.2) is 4.39 Å². The van der Waals surface area contributed by atoms with E-state index in [1.165, 1.54) is 12.1 Å². The highest BCUT2D eigenvalue weighted by Gasteiger charge is 2.10. The van der Waals surface area contributed by atoms with Crippen LogP contribution in [0.5, 0.6) is 0 Å². The van der Waals surface area contributed by atoms with E-state index in [1.54, 1.807) is 37.9 Å². The average Bonchev–Trinajstić information content (AvgIpc) is 2.26. The van der Waals surface area contributed by atoms with Crippen molar-refractivity contribution >= 4 is 17.5 Å². The van der Waals surface area contributed by atoms with Crippen molar-refractivity contribution in [2.24, 2.45) is 0 Å². The lowest BCUT2D eigenvalue weighted by Crippen LogP contribution is -2.17. The topological polar surface area (TPSA) is 26.3 Å². The molecule has 0 heterocycles. The number of hydrogen-bond acceptors (Lipinski definition) is 3. The Labute approximate surface area is 121 Å². The molecular weight excluding hydrogens is 263 g/mol. The number of carbonyl (C=O) groups is 1. The van der Waals surface area contributed by atoms with Crippen LogP contribution in [0.4, 0.5) is 4.39 Å². The third kappa shape index (κ3) is 9.68. The van der Waals surface area contributed by atoms with E-state index in [1.807, 2.05) is 0 Å². The van der Waals surface area contributed by atoms with Crippen LogP contribution in [0.15, 0.2) is 29.2 Å². The van der Waals surface area contributed by atoms with Crippen molar-refractivity contribution in [2.45, 2.75) is 46.6 Å². The van der Waals surface area contributed by atoms with E-state index in [-0.39, 0.29) is 40.0 Å². The van der Waals surface area contributed by atoms with Crippen LogP contribution in [0.2, 0.25) is 0 Å². The highest BCUT2D eigenvalue weighted by atomic mass is 32.2. The van der Waals surface area contributed by atoms with E-state index >= 15 is 0 Å². The second-order valence-electron chi connectivity index (χ2n) is 3.53. The SMILES string of the molecule is C.C.C.COC(CSc1ccc(F)cc1)CC(C)=O. The van der Waals surface area contributed by atoms with Crippen LogP contribution in [-0.2, 0) is 9.53 Å². The van der Waals surface area contributed by atoms with Crippen molar-refractivity contribution < 1.29 is 13.9 Å². The highest BCUT2D eigenvalue weighted by Crippen LogP contribution is 2.20. The molecule has 1 unspecified atom stereocenters. The van der Waals surface area contributed by atoms with Gasteiger partial charge in [0, 0.05) is 24.2 Å². The zero-order valence-electron chi connectivity index (χ0n) is 9.40. The molecule has 112 valence electrons. The van der Waals surface area contributed by atoms with Crippen LogP contribution in [0.25, 0.3) is 0 Å². The molecule has 1 atom stereocenters. The van der Waals surface area contributed by atoms with Gasteiger partial charge in [-0.05, 0) is 31.2 Å². The van der Waals surface area contributed by atoms with E-state index in [9.17, 15) is 9.18 Å². The predicted octanol–water partition coefficient (Wildman–Crippen LogP) is 4.82. The van der Waals surface area contributed by atoms with Gasteiger partial charge >= 0.3 is 0 Å². The fraction of sp³-hybridized carbons (Fsp3) is 0.533. The maximum absolute atomic E-state index is 12.6. The third-order valence-corrected chi connectivity index (χ3v) is 3.24. The van der Waals surface area contributed by atoms with E-state index in [2.05, 4.69) is 0 Å². The van der Waals surface area contributed by atoms with Gasteiger partial charge in [0.1, 0.15) is 11.6 Å². The molecule has 0 radical (unpaired) electrons. The molecule has 19 heavy (non-hydrogen) atoms. The quantitative estimate of drug-likeness (QED) is 0.703. The number of Topliss-reactive ketones (excluding diaryl/α,β-unsaturated/α-hetero) is 1. The van der Waals surface area contributed by atoms with Crippen LogP contribution >= 0.6 is 11.8 Å². The minimum atomic E-state index is -0.239. The van der Waals surface area contributed by atoms with Crippen LogP contribution in [0.3, 0.4) is 0 Å². The molecule has 1 rings (SSSR count). The molecule has 1 aromatic carbocycles. The molecule has 0 aliphatic heterocycles. The summed E-state index contributed by atoms with van der Waals surface area (Å²) in [5.41, 5.74) is 0. The molecule has 0 aliphatic rings. The Morgan fingerprint density at radius 1 is 1.26 bits per heavy atom. The molecule has 0 aromatic heterocycles. The number of rotatable bonds is 6. The van der Waals surface area contributed by atoms with Gasteiger partial charge in [-0.1, -0.05) is 22.3 Å². The predicted molar refractivity (Wildman–Crippen MR) is 83.4 cm³/mol. The molecule has 0 fully saturated rings. The van der Waals surface area contributed by atoms with Gasteiger partial charge < -0.3 is 4.74 Å². The first kappa shape index (κ1) is 23.2. The number of ketones is 1. The Hall–Kier alpha value is -0.870. The lowest BCUT2D eigenvalue weighted by molar-refractivity contribution is -0.119. The molecular formula is C15H27FO2S. The van der Waals surface area contributed by atoms with E-state index < -0.39 is 0 Å². The highest BCUT2D eigenvalue weighted by molar-refractivity contribution is 7.99. The third-order valence-electron chi connectivity index (χ3n) is 2.10. The second kappa shape index (κ2) is 12.2. The molecule has 1 aromatic rings. The molecule has 2 nitrogen and oxygen atoms in total. The summed E-state index contributed by atoms with van der Waals surface area (Å²) in [6.07, 6.45) is 0.345.